The quantitative estimate of drug-likeness (QED) is 0.0457. The molecule has 1 heterocycles. The number of rotatable bonds is 66. The van der Waals surface area contributed by atoms with Crippen LogP contribution in [-0.2, 0) is 60.1 Å². The molecule has 0 aliphatic carbocycles. The first-order valence-electron chi connectivity index (χ1n) is 32.8. The third-order valence-corrected chi connectivity index (χ3v) is 15.4. The standard InChI is InChI=1S/C64H119FN3O12P/c1-4-7-9-11-13-15-17-19-21-23-25-27-29-31-33-35-37-78-63-55-61(56-64(57-63)79-38-36-34-32-30-28-26-24-22-20-18-16-14-12-10-8-5-2)58-68-59-62(66-67-68)60-77-52-51-75-48-47-73-44-43-71-40-39-70-41-42-72-45-46-74-49-50-76-53-54-81(65,69)80-6-3/h55-57,59H,4-54,58,60H2,1-3H3. The maximum absolute atomic E-state index is 13.4. The van der Waals surface area contributed by atoms with Crippen LogP contribution in [0.15, 0.2) is 24.4 Å². The fourth-order valence-corrected chi connectivity index (χ4v) is 10.2. The highest BCUT2D eigenvalue weighted by Crippen LogP contribution is 2.48. The van der Waals surface area contributed by atoms with Crippen molar-refractivity contribution in [2.45, 2.75) is 239 Å². The summed E-state index contributed by atoms with van der Waals surface area (Å²) in [5.41, 5.74) is 1.84. The minimum absolute atomic E-state index is 0.0222. The zero-order chi connectivity index (χ0) is 57.9. The first kappa shape index (κ1) is 74.9. The molecule has 17 heteroatoms. The summed E-state index contributed by atoms with van der Waals surface area (Å²) in [6.45, 7) is 14.7. The van der Waals surface area contributed by atoms with Crippen LogP contribution in [-0.4, -0.2) is 140 Å². The molecule has 1 aromatic heterocycles. The van der Waals surface area contributed by atoms with Crippen LogP contribution in [0, 0.1) is 0 Å². The number of ether oxygens (including phenoxy) is 10. The Hall–Kier alpha value is -2.24. The van der Waals surface area contributed by atoms with Crippen molar-refractivity contribution >= 4 is 7.68 Å². The predicted molar refractivity (Wildman–Crippen MR) is 326 cm³/mol. The predicted octanol–water partition coefficient (Wildman–Crippen LogP) is 16.4. The molecule has 0 aliphatic rings. The second-order valence-electron chi connectivity index (χ2n) is 21.6. The summed E-state index contributed by atoms with van der Waals surface area (Å²) in [6, 6.07) is 6.29. The Kier molecular flexibility index (Phi) is 53.7. The Bertz CT molecular complexity index is 1610. The molecule has 0 saturated carbocycles. The van der Waals surface area contributed by atoms with Gasteiger partial charge in [-0.3, -0.25) is 4.57 Å². The van der Waals surface area contributed by atoms with E-state index in [1.807, 2.05) is 10.9 Å². The molecule has 2 rings (SSSR count). The van der Waals surface area contributed by atoms with Gasteiger partial charge in [-0.15, -0.1) is 5.10 Å². The molecule has 0 fully saturated rings. The van der Waals surface area contributed by atoms with Gasteiger partial charge in [0.05, 0.1) is 144 Å². The molecule has 0 radical (unpaired) electrons. The zero-order valence-electron chi connectivity index (χ0n) is 51.9. The second kappa shape index (κ2) is 58.2. The molecule has 81 heavy (non-hydrogen) atoms. The van der Waals surface area contributed by atoms with E-state index in [1.165, 1.54) is 193 Å². The van der Waals surface area contributed by atoms with E-state index in [4.69, 9.17) is 47.4 Å². The molecule has 0 spiro atoms. The van der Waals surface area contributed by atoms with Crippen molar-refractivity contribution in [3.63, 3.8) is 0 Å². The normalized spacial score (nSPS) is 12.4. The third-order valence-electron chi connectivity index (χ3n) is 14.1. The summed E-state index contributed by atoms with van der Waals surface area (Å²) >= 11 is 0. The van der Waals surface area contributed by atoms with E-state index >= 15 is 0 Å². The zero-order valence-corrected chi connectivity index (χ0v) is 52.7. The van der Waals surface area contributed by atoms with Crippen molar-refractivity contribution in [3.05, 3.63) is 35.7 Å². The molecule has 0 amide bonds. The molecule has 1 unspecified atom stereocenters. The van der Waals surface area contributed by atoms with Crippen molar-refractivity contribution in [2.24, 2.45) is 0 Å². The maximum Gasteiger partial charge on any atom is 0.369 e. The monoisotopic (exact) mass is 1170 g/mol. The molecule has 0 saturated heterocycles. The van der Waals surface area contributed by atoms with E-state index in [2.05, 4.69) is 46.9 Å². The minimum atomic E-state index is -4.04. The van der Waals surface area contributed by atoms with E-state index in [0.29, 0.717) is 112 Å². The number of nitrogens with zero attached hydrogens (tertiary/aromatic N) is 3. The van der Waals surface area contributed by atoms with Crippen LogP contribution in [0.1, 0.15) is 237 Å². The summed E-state index contributed by atoms with van der Waals surface area (Å²) < 4.78 is 88.2. The van der Waals surface area contributed by atoms with E-state index in [-0.39, 0.29) is 26.0 Å². The Morgan fingerprint density at radius 3 is 1.04 bits per heavy atom. The van der Waals surface area contributed by atoms with Gasteiger partial charge >= 0.3 is 7.68 Å². The van der Waals surface area contributed by atoms with Gasteiger partial charge in [-0.25, -0.2) is 4.68 Å². The Labute approximate surface area is 493 Å². The molecular formula is C64H119FN3O12P. The summed E-state index contributed by atoms with van der Waals surface area (Å²) in [4.78, 5) is 0. The van der Waals surface area contributed by atoms with Gasteiger partial charge in [0.25, 0.3) is 0 Å². The maximum atomic E-state index is 13.4. The molecule has 474 valence electrons. The lowest BCUT2D eigenvalue weighted by molar-refractivity contribution is -0.0234. The molecule has 1 aromatic carbocycles. The molecule has 0 N–H and O–H groups in total. The van der Waals surface area contributed by atoms with Gasteiger partial charge < -0.3 is 51.9 Å². The summed E-state index contributed by atoms with van der Waals surface area (Å²) in [7, 11) is -4.04. The Morgan fingerprint density at radius 2 is 0.704 bits per heavy atom. The SMILES string of the molecule is CCCCCCCCCCCCCCCCCCOc1cc(Cn2cc(COCCOCCOCCOCCOCCOCCOCCOCCP(=O)(F)OCC)nn2)cc(OCCCCCCCCCCCCCCCCCC)c1. The van der Waals surface area contributed by atoms with E-state index in [0.717, 1.165) is 35.6 Å². The van der Waals surface area contributed by atoms with Crippen LogP contribution >= 0.6 is 7.68 Å². The first-order valence-corrected chi connectivity index (χ1v) is 34.5. The first-order chi connectivity index (χ1) is 40.0. The summed E-state index contributed by atoms with van der Waals surface area (Å²) in [5.74, 6) is 1.71. The Balaban J connectivity index is 1.56. The largest absolute Gasteiger partial charge is 0.493 e. The number of hydrogen-bond donors (Lipinski definition) is 0. The smallest absolute Gasteiger partial charge is 0.369 e. The van der Waals surface area contributed by atoms with Crippen molar-refractivity contribution in [1.29, 1.82) is 0 Å². The lowest BCUT2D eigenvalue weighted by Crippen LogP contribution is -2.15. The topological polar surface area (TPSA) is 149 Å². The average Bonchev–Trinajstić information content (AvgIpc) is 3.91. The summed E-state index contributed by atoms with van der Waals surface area (Å²) in [5, 5.41) is 8.77. The van der Waals surface area contributed by atoms with Gasteiger partial charge in [0.2, 0.25) is 0 Å². The number of unbranched alkanes of at least 4 members (excludes halogenated alkanes) is 30. The highest BCUT2D eigenvalue weighted by molar-refractivity contribution is 7.53. The van der Waals surface area contributed by atoms with E-state index < -0.39 is 7.68 Å². The van der Waals surface area contributed by atoms with E-state index in [9.17, 15) is 8.76 Å². The molecule has 1 atom stereocenters. The average molecular weight is 1170 g/mol. The third kappa shape index (κ3) is 50.8. The van der Waals surface area contributed by atoms with Gasteiger partial charge in [-0.05, 0) is 37.5 Å². The van der Waals surface area contributed by atoms with Crippen LogP contribution in [0.5, 0.6) is 11.5 Å². The highest BCUT2D eigenvalue weighted by Gasteiger charge is 2.20. The molecular weight excluding hydrogens is 1050 g/mol. The lowest BCUT2D eigenvalue weighted by Gasteiger charge is -2.13. The van der Waals surface area contributed by atoms with Crippen LogP contribution in [0.2, 0.25) is 0 Å². The Morgan fingerprint density at radius 1 is 0.395 bits per heavy atom. The fourth-order valence-electron chi connectivity index (χ4n) is 9.39. The molecule has 0 bridgehead atoms. The van der Waals surface area contributed by atoms with Crippen molar-refractivity contribution < 1.29 is 60.7 Å². The molecule has 0 aliphatic heterocycles. The fraction of sp³-hybridized carbons (Fsp3) is 0.875. The van der Waals surface area contributed by atoms with Gasteiger partial charge in [-0.2, -0.15) is 4.20 Å². The van der Waals surface area contributed by atoms with Gasteiger partial charge in [0, 0.05) is 6.07 Å². The molecule has 15 nitrogen and oxygen atoms in total. The van der Waals surface area contributed by atoms with Gasteiger partial charge in [-0.1, -0.05) is 212 Å². The van der Waals surface area contributed by atoms with Gasteiger partial charge in [0.1, 0.15) is 17.2 Å². The van der Waals surface area contributed by atoms with Crippen LogP contribution in [0.3, 0.4) is 0 Å². The van der Waals surface area contributed by atoms with Crippen molar-refractivity contribution in [1.82, 2.24) is 15.0 Å². The highest BCUT2D eigenvalue weighted by atomic mass is 31.2. The number of benzene rings is 1. The second-order valence-corrected chi connectivity index (χ2v) is 23.5. The number of halogens is 1. The molecule has 2 aromatic rings. The van der Waals surface area contributed by atoms with Crippen LogP contribution in [0.4, 0.5) is 4.20 Å². The minimum Gasteiger partial charge on any atom is -0.493 e. The van der Waals surface area contributed by atoms with E-state index in [1.54, 1.807) is 6.92 Å². The number of hydrogen-bond acceptors (Lipinski definition) is 14. The van der Waals surface area contributed by atoms with Crippen molar-refractivity contribution in [2.75, 3.05) is 125 Å². The summed E-state index contributed by atoms with van der Waals surface area (Å²) in [6.07, 6.45) is 45.1. The van der Waals surface area contributed by atoms with Crippen molar-refractivity contribution in [3.8, 4) is 11.5 Å². The lowest BCUT2D eigenvalue weighted by atomic mass is 10.0. The van der Waals surface area contributed by atoms with Gasteiger partial charge in [0.15, 0.2) is 0 Å². The van der Waals surface area contributed by atoms with Crippen LogP contribution < -0.4 is 9.47 Å². The van der Waals surface area contributed by atoms with Crippen LogP contribution in [0.25, 0.3) is 0 Å². The number of aromatic nitrogens is 3.